The fourth-order valence-corrected chi connectivity index (χ4v) is 2.31. The van der Waals surface area contributed by atoms with Crippen molar-refractivity contribution in [2.45, 2.75) is 12.6 Å². The van der Waals surface area contributed by atoms with Crippen LogP contribution in [0.25, 0.3) is 11.3 Å². The molecule has 0 unspecified atom stereocenters. The lowest BCUT2D eigenvalue weighted by Gasteiger charge is -2.13. The second-order valence-electron chi connectivity index (χ2n) is 5.31. The minimum atomic E-state index is -1.00. The molecule has 0 amide bonds. The van der Waals surface area contributed by atoms with Crippen LogP contribution in [0.15, 0.2) is 65.5 Å². The van der Waals surface area contributed by atoms with E-state index < -0.39 is 11.9 Å². The molecule has 0 radical (unpaired) electrons. The molecule has 0 saturated carbocycles. The molecule has 0 spiro atoms. The van der Waals surface area contributed by atoms with E-state index in [-0.39, 0.29) is 17.9 Å². The monoisotopic (exact) mass is 328 g/mol. The molecule has 4 nitrogen and oxygen atoms in total. The van der Waals surface area contributed by atoms with Crippen LogP contribution in [-0.2, 0) is 6.54 Å². The molecule has 0 saturated heterocycles. The Morgan fingerprint density at radius 2 is 1.50 bits per heavy atom. The third-order valence-electron chi connectivity index (χ3n) is 3.61. The van der Waals surface area contributed by atoms with E-state index in [0.717, 1.165) is 4.68 Å². The fraction of sp³-hybridized carbons (Fsp3) is 0.111. The van der Waals surface area contributed by atoms with Gasteiger partial charge >= 0.3 is 0 Å². The zero-order valence-electron chi connectivity index (χ0n) is 12.6. The van der Waals surface area contributed by atoms with Gasteiger partial charge in [0.25, 0.3) is 5.56 Å². The van der Waals surface area contributed by atoms with Gasteiger partial charge in [-0.25, -0.2) is 13.5 Å². The lowest BCUT2D eigenvalue weighted by Crippen LogP contribution is -2.25. The van der Waals surface area contributed by atoms with Gasteiger partial charge in [0, 0.05) is 11.6 Å². The van der Waals surface area contributed by atoms with Crippen molar-refractivity contribution in [3.05, 3.63) is 88.2 Å². The third-order valence-corrected chi connectivity index (χ3v) is 3.61. The van der Waals surface area contributed by atoms with Gasteiger partial charge in [0.05, 0.1) is 18.3 Å². The molecule has 24 heavy (non-hydrogen) atoms. The lowest BCUT2D eigenvalue weighted by atomic mass is 10.1. The Morgan fingerprint density at radius 3 is 2.12 bits per heavy atom. The van der Waals surface area contributed by atoms with Gasteiger partial charge in [-0.15, -0.1) is 0 Å². The largest absolute Gasteiger partial charge is 0.386 e. The van der Waals surface area contributed by atoms with Crippen molar-refractivity contribution in [1.82, 2.24) is 9.78 Å². The number of halogens is 2. The van der Waals surface area contributed by atoms with E-state index in [2.05, 4.69) is 5.10 Å². The average Bonchev–Trinajstić information content (AvgIpc) is 2.58. The molecule has 1 atom stereocenters. The number of hydrogen-bond donors (Lipinski definition) is 1. The molecule has 1 heterocycles. The highest BCUT2D eigenvalue weighted by Crippen LogP contribution is 2.17. The number of benzene rings is 2. The zero-order valence-corrected chi connectivity index (χ0v) is 12.6. The molecule has 0 aliphatic heterocycles. The molecule has 6 heteroatoms. The van der Waals surface area contributed by atoms with Crippen LogP contribution in [0.4, 0.5) is 8.78 Å². The summed E-state index contributed by atoms with van der Waals surface area (Å²) in [6, 6.07) is 14.0. The van der Waals surface area contributed by atoms with Crippen molar-refractivity contribution in [1.29, 1.82) is 0 Å². The van der Waals surface area contributed by atoms with Gasteiger partial charge in [0.15, 0.2) is 0 Å². The summed E-state index contributed by atoms with van der Waals surface area (Å²) in [4.78, 5) is 11.9. The first kappa shape index (κ1) is 16.0. The molecule has 3 rings (SSSR count). The Balaban J connectivity index is 1.87. The van der Waals surface area contributed by atoms with Gasteiger partial charge in [0.2, 0.25) is 0 Å². The number of aliphatic hydroxyl groups is 1. The van der Waals surface area contributed by atoms with Gasteiger partial charge in [-0.1, -0.05) is 12.1 Å². The van der Waals surface area contributed by atoms with Crippen LogP contribution < -0.4 is 5.56 Å². The molecule has 122 valence electrons. The maximum Gasteiger partial charge on any atom is 0.266 e. The molecule has 1 N–H and O–H groups in total. The van der Waals surface area contributed by atoms with Gasteiger partial charge in [0.1, 0.15) is 11.6 Å². The molecule has 0 aliphatic rings. The molecule has 0 aliphatic carbocycles. The Labute approximate surface area is 136 Å². The van der Waals surface area contributed by atoms with Crippen LogP contribution in [0.1, 0.15) is 11.7 Å². The molecular weight excluding hydrogens is 314 g/mol. The predicted octanol–water partition coefficient (Wildman–Crippen LogP) is 2.92. The minimum Gasteiger partial charge on any atom is -0.386 e. The first-order chi connectivity index (χ1) is 11.5. The SMILES string of the molecule is O=c1ccc(-c2ccc(F)cc2)nn1C[C@H](O)c1ccc(F)cc1. The van der Waals surface area contributed by atoms with E-state index >= 15 is 0 Å². The standard InChI is InChI=1S/C18H14F2N2O2/c19-14-5-1-12(2-6-14)16-9-10-18(24)22(21-16)11-17(23)13-3-7-15(20)8-4-13/h1-10,17,23H,11H2/t17-/m0/s1. The quantitative estimate of drug-likeness (QED) is 0.801. The first-order valence-corrected chi connectivity index (χ1v) is 7.30. The Bertz CT molecular complexity index is 890. The van der Waals surface area contributed by atoms with E-state index in [9.17, 15) is 18.7 Å². The number of aliphatic hydroxyl groups excluding tert-OH is 1. The fourth-order valence-electron chi connectivity index (χ4n) is 2.31. The summed E-state index contributed by atoms with van der Waals surface area (Å²) in [7, 11) is 0. The van der Waals surface area contributed by atoms with E-state index in [1.54, 1.807) is 12.1 Å². The number of aromatic nitrogens is 2. The predicted molar refractivity (Wildman–Crippen MR) is 85.3 cm³/mol. The Hall–Kier alpha value is -2.86. The van der Waals surface area contributed by atoms with Crippen molar-refractivity contribution in [3.8, 4) is 11.3 Å². The summed E-state index contributed by atoms with van der Waals surface area (Å²) < 4.78 is 27.1. The molecule has 0 bridgehead atoms. The summed E-state index contributed by atoms with van der Waals surface area (Å²) in [6.45, 7) is -0.0699. The summed E-state index contributed by atoms with van der Waals surface area (Å²) >= 11 is 0. The van der Waals surface area contributed by atoms with Gasteiger partial charge in [-0.3, -0.25) is 4.79 Å². The van der Waals surface area contributed by atoms with Crippen molar-refractivity contribution in [3.63, 3.8) is 0 Å². The van der Waals surface area contributed by atoms with E-state index in [1.807, 2.05) is 0 Å². The van der Waals surface area contributed by atoms with Crippen LogP contribution in [-0.4, -0.2) is 14.9 Å². The molecule has 3 aromatic rings. The van der Waals surface area contributed by atoms with Crippen molar-refractivity contribution in [2.75, 3.05) is 0 Å². The maximum absolute atomic E-state index is 13.0. The second kappa shape index (κ2) is 6.72. The highest BCUT2D eigenvalue weighted by Gasteiger charge is 2.11. The van der Waals surface area contributed by atoms with Crippen LogP contribution in [0, 0.1) is 11.6 Å². The summed E-state index contributed by atoms with van der Waals surface area (Å²) in [5.74, 6) is -0.765. The van der Waals surface area contributed by atoms with Crippen LogP contribution in [0.5, 0.6) is 0 Å². The average molecular weight is 328 g/mol. The van der Waals surface area contributed by atoms with Crippen LogP contribution in [0.3, 0.4) is 0 Å². The molecular formula is C18H14F2N2O2. The molecule has 2 aromatic carbocycles. The third kappa shape index (κ3) is 3.55. The zero-order chi connectivity index (χ0) is 17.1. The van der Waals surface area contributed by atoms with Gasteiger partial charge in [-0.2, -0.15) is 5.10 Å². The Kier molecular flexibility index (Phi) is 4.48. The van der Waals surface area contributed by atoms with E-state index in [0.29, 0.717) is 16.8 Å². The van der Waals surface area contributed by atoms with Crippen LogP contribution in [0.2, 0.25) is 0 Å². The highest BCUT2D eigenvalue weighted by atomic mass is 19.1. The first-order valence-electron chi connectivity index (χ1n) is 7.30. The minimum absolute atomic E-state index is 0.0699. The van der Waals surface area contributed by atoms with E-state index in [1.165, 1.54) is 48.5 Å². The van der Waals surface area contributed by atoms with Crippen LogP contribution >= 0.6 is 0 Å². The van der Waals surface area contributed by atoms with Gasteiger partial charge < -0.3 is 5.11 Å². The molecule has 1 aromatic heterocycles. The highest BCUT2D eigenvalue weighted by molar-refractivity contribution is 5.57. The summed E-state index contributed by atoms with van der Waals surface area (Å²) in [5, 5.41) is 14.4. The summed E-state index contributed by atoms with van der Waals surface area (Å²) in [5.41, 5.74) is 1.25. The summed E-state index contributed by atoms with van der Waals surface area (Å²) in [6.07, 6.45) is -1.00. The van der Waals surface area contributed by atoms with Gasteiger partial charge in [-0.05, 0) is 48.0 Å². The van der Waals surface area contributed by atoms with Crippen molar-refractivity contribution >= 4 is 0 Å². The normalized spacial score (nSPS) is 12.1. The van der Waals surface area contributed by atoms with Crippen molar-refractivity contribution < 1.29 is 13.9 Å². The number of hydrogen-bond acceptors (Lipinski definition) is 3. The lowest BCUT2D eigenvalue weighted by molar-refractivity contribution is 0.149. The van der Waals surface area contributed by atoms with Crippen molar-refractivity contribution in [2.24, 2.45) is 0 Å². The number of nitrogens with zero attached hydrogens (tertiary/aromatic N) is 2. The topological polar surface area (TPSA) is 55.1 Å². The maximum atomic E-state index is 13.0. The number of rotatable bonds is 4. The molecule has 0 fully saturated rings. The second-order valence-corrected chi connectivity index (χ2v) is 5.31. The smallest absolute Gasteiger partial charge is 0.266 e. The Morgan fingerprint density at radius 1 is 0.917 bits per heavy atom. The van der Waals surface area contributed by atoms with E-state index in [4.69, 9.17) is 0 Å².